The highest BCUT2D eigenvalue weighted by molar-refractivity contribution is 6.28. The van der Waals surface area contributed by atoms with Crippen LogP contribution in [0, 0.1) is 0 Å². The van der Waals surface area contributed by atoms with Gasteiger partial charge in [-0.1, -0.05) is 0 Å². The van der Waals surface area contributed by atoms with Gasteiger partial charge in [0.25, 0.3) is 0 Å². The predicted octanol–water partition coefficient (Wildman–Crippen LogP) is 1.64. The van der Waals surface area contributed by atoms with Crippen molar-refractivity contribution in [2.75, 3.05) is 20.8 Å². The molecule has 0 aromatic carbocycles. The van der Waals surface area contributed by atoms with E-state index in [1.807, 2.05) is 6.07 Å². The molecule has 5 heteroatoms. The summed E-state index contributed by atoms with van der Waals surface area (Å²) in [6.07, 6.45) is -0.236. The molecule has 0 amide bonds. The third-order valence-corrected chi connectivity index (χ3v) is 1.97. The van der Waals surface area contributed by atoms with E-state index < -0.39 is 0 Å². The number of methoxy groups -OCH3 is 2. The summed E-state index contributed by atoms with van der Waals surface area (Å²) in [5.74, 6) is 0.793. The Morgan fingerprint density at radius 1 is 1.43 bits per heavy atom. The van der Waals surface area contributed by atoms with Gasteiger partial charge in [-0.15, -0.1) is 0 Å². The van der Waals surface area contributed by atoms with E-state index in [1.165, 1.54) is 0 Å². The Hall–Kier alpha value is -0.550. The lowest BCUT2D eigenvalue weighted by molar-refractivity contribution is -0.0990. The molecule has 1 N–H and O–H groups in total. The largest absolute Gasteiger partial charge is 0.448 e. The first kappa shape index (κ1) is 11.5. The van der Waals surface area contributed by atoms with Crippen LogP contribution in [-0.4, -0.2) is 27.1 Å². The van der Waals surface area contributed by atoms with Crippen molar-refractivity contribution in [2.24, 2.45) is 0 Å². The SMILES string of the molecule is COC(CNCc1ccc(Cl)o1)OC. The van der Waals surface area contributed by atoms with Gasteiger partial charge < -0.3 is 19.2 Å². The molecule has 80 valence electrons. The summed E-state index contributed by atoms with van der Waals surface area (Å²) < 4.78 is 15.2. The smallest absolute Gasteiger partial charge is 0.193 e. The van der Waals surface area contributed by atoms with E-state index in [0.717, 1.165) is 5.76 Å². The van der Waals surface area contributed by atoms with Crippen LogP contribution in [-0.2, 0) is 16.0 Å². The van der Waals surface area contributed by atoms with E-state index in [2.05, 4.69) is 5.32 Å². The molecule has 0 aliphatic carbocycles. The molecule has 4 nitrogen and oxygen atoms in total. The summed E-state index contributed by atoms with van der Waals surface area (Å²) in [4.78, 5) is 0. The lowest BCUT2D eigenvalue weighted by Crippen LogP contribution is -2.29. The minimum Gasteiger partial charge on any atom is -0.448 e. The van der Waals surface area contributed by atoms with E-state index in [9.17, 15) is 0 Å². The maximum Gasteiger partial charge on any atom is 0.193 e. The van der Waals surface area contributed by atoms with Crippen molar-refractivity contribution in [1.82, 2.24) is 5.32 Å². The summed E-state index contributed by atoms with van der Waals surface area (Å²) in [5.41, 5.74) is 0. The molecule has 0 fully saturated rings. The van der Waals surface area contributed by atoms with Crippen LogP contribution in [0.25, 0.3) is 0 Å². The second-order valence-electron chi connectivity index (χ2n) is 2.74. The van der Waals surface area contributed by atoms with Crippen molar-refractivity contribution in [3.63, 3.8) is 0 Å². The highest BCUT2D eigenvalue weighted by Gasteiger charge is 2.04. The van der Waals surface area contributed by atoms with Crippen molar-refractivity contribution >= 4 is 11.6 Å². The van der Waals surface area contributed by atoms with Crippen molar-refractivity contribution in [1.29, 1.82) is 0 Å². The molecule has 14 heavy (non-hydrogen) atoms. The highest BCUT2D eigenvalue weighted by atomic mass is 35.5. The number of nitrogens with one attached hydrogen (secondary N) is 1. The summed E-state index contributed by atoms with van der Waals surface area (Å²) in [6, 6.07) is 3.53. The van der Waals surface area contributed by atoms with Crippen LogP contribution in [0.2, 0.25) is 5.22 Å². The normalized spacial score (nSPS) is 11.1. The fraction of sp³-hybridized carbons (Fsp3) is 0.556. The first-order chi connectivity index (χ1) is 6.76. The molecule has 1 heterocycles. The van der Waals surface area contributed by atoms with Crippen LogP contribution in [0.5, 0.6) is 0 Å². The molecule has 0 saturated carbocycles. The van der Waals surface area contributed by atoms with Gasteiger partial charge in [-0.25, -0.2) is 0 Å². The molecule has 0 atom stereocenters. The van der Waals surface area contributed by atoms with Crippen molar-refractivity contribution in [3.05, 3.63) is 23.1 Å². The lowest BCUT2D eigenvalue weighted by Gasteiger charge is -2.13. The zero-order valence-corrected chi connectivity index (χ0v) is 9.00. The molecule has 0 aliphatic rings. The molecule has 0 unspecified atom stereocenters. The van der Waals surface area contributed by atoms with Gasteiger partial charge in [-0.2, -0.15) is 0 Å². The van der Waals surface area contributed by atoms with Crippen molar-refractivity contribution in [3.8, 4) is 0 Å². The summed E-state index contributed by atoms with van der Waals surface area (Å²) in [7, 11) is 3.19. The van der Waals surface area contributed by atoms with Gasteiger partial charge in [0, 0.05) is 20.8 Å². The molecule has 0 spiro atoms. The Labute approximate surface area is 88.1 Å². The second kappa shape index (κ2) is 6.03. The zero-order chi connectivity index (χ0) is 10.4. The fourth-order valence-electron chi connectivity index (χ4n) is 1.02. The van der Waals surface area contributed by atoms with Gasteiger partial charge in [-0.05, 0) is 23.7 Å². The molecule has 0 aliphatic heterocycles. The molecule has 0 saturated heterocycles. The molecule has 1 aromatic rings. The Morgan fingerprint density at radius 2 is 2.14 bits per heavy atom. The zero-order valence-electron chi connectivity index (χ0n) is 8.25. The molecule has 0 radical (unpaired) electrons. The average molecular weight is 220 g/mol. The first-order valence-electron chi connectivity index (χ1n) is 4.26. The fourth-order valence-corrected chi connectivity index (χ4v) is 1.18. The number of hydrogen-bond donors (Lipinski definition) is 1. The first-order valence-corrected chi connectivity index (χ1v) is 4.64. The van der Waals surface area contributed by atoms with Gasteiger partial charge in [0.05, 0.1) is 6.54 Å². The number of rotatable bonds is 6. The van der Waals surface area contributed by atoms with E-state index in [0.29, 0.717) is 18.3 Å². The van der Waals surface area contributed by atoms with Crippen LogP contribution in [0.15, 0.2) is 16.5 Å². The van der Waals surface area contributed by atoms with E-state index in [4.69, 9.17) is 25.5 Å². The van der Waals surface area contributed by atoms with Gasteiger partial charge in [0.1, 0.15) is 5.76 Å². The van der Waals surface area contributed by atoms with E-state index >= 15 is 0 Å². The molecular formula is C9H14ClNO3. The maximum absolute atomic E-state index is 5.61. The number of hydrogen-bond acceptors (Lipinski definition) is 4. The molecule has 1 aromatic heterocycles. The Morgan fingerprint density at radius 3 is 2.64 bits per heavy atom. The van der Waals surface area contributed by atoms with Crippen LogP contribution >= 0.6 is 11.6 Å². The van der Waals surface area contributed by atoms with E-state index in [-0.39, 0.29) is 6.29 Å². The summed E-state index contributed by atoms with van der Waals surface area (Å²) in [6.45, 7) is 1.21. The number of furan rings is 1. The minimum atomic E-state index is -0.236. The van der Waals surface area contributed by atoms with Gasteiger partial charge >= 0.3 is 0 Å². The minimum absolute atomic E-state index is 0.236. The molecule has 1 rings (SSSR count). The third-order valence-electron chi connectivity index (χ3n) is 1.76. The van der Waals surface area contributed by atoms with Crippen LogP contribution < -0.4 is 5.32 Å². The Balaban J connectivity index is 2.21. The monoisotopic (exact) mass is 219 g/mol. The second-order valence-corrected chi connectivity index (χ2v) is 3.11. The standard InChI is InChI=1S/C9H14ClNO3/c1-12-9(13-2)6-11-5-7-3-4-8(10)14-7/h3-4,9,11H,5-6H2,1-2H3. The van der Waals surface area contributed by atoms with Crippen molar-refractivity contribution < 1.29 is 13.9 Å². The van der Waals surface area contributed by atoms with Crippen molar-refractivity contribution in [2.45, 2.75) is 12.8 Å². The Bertz CT molecular complexity index is 260. The summed E-state index contributed by atoms with van der Waals surface area (Å²) in [5, 5.41) is 3.51. The average Bonchev–Trinajstić information content (AvgIpc) is 2.59. The van der Waals surface area contributed by atoms with Gasteiger partial charge in [0.2, 0.25) is 0 Å². The number of ether oxygens (including phenoxy) is 2. The number of halogens is 1. The topological polar surface area (TPSA) is 43.6 Å². The lowest BCUT2D eigenvalue weighted by atomic mass is 10.4. The highest BCUT2D eigenvalue weighted by Crippen LogP contribution is 2.12. The van der Waals surface area contributed by atoms with Crippen LogP contribution in [0.3, 0.4) is 0 Å². The van der Waals surface area contributed by atoms with Gasteiger partial charge in [-0.3, -0.25) is 0 Å². The third kappa shape index (κ3) is 3.67. The van der Waals surface area contributed by atoms with Crippen LogP contribution in [0.4, 0.5) is 0 Å². The Kier molecular flexibility index (Phi) is 4.97. The van der Waals surface area contributed by atoms with E-state index in [1.54, 1.807) is 20.3 Å². The quantitative estimate of drug-likeness (QED) is 0.739. The molecular weight excluding hydrogens is 206 g/mol. The van der Waals surface area contributed by atoms with Crippen LogP contribution in [0.1, 0.15) is 5.76 Å². The predicted molar refractivity (Wildman–Crippen MR) is 53.2 cm³/mol. The van der Waals surface area contributed by atoms with Gasteiger partial charge in [0.15, 0.2) is 11.5 Å². The maximum atomic E-state index is 5.61. The molecule has 0 bridgehead atoms. The summed E-state index contributed by atoms with van der Waals surface area (Å²) >= 11 is 5.61.